The molecule has 1 aliphatic heterocycles. The smallest absolute Gasteiger partial charge is 0.0850 e. The largest absolute Gasteiger partial charge is 0.374 e. The van der Waals surface area contributed by atoms with Gasteiger partial charge in [0.05, 0.1) is 12.7 Å². The average Bonchev–Trinajstić information content (AvgIpc) is 2.27. The SMILES string of the molecule is CCC(C)C(C)N1CCOC(C(C)N)C1. The Bertz CT molecular complexity index is 184. The third kappa shape index (κ3) is 3.44. The summed E-state index contributed by atoms with van der Waals surface area (Å²) in [5, 5.41) is 0. The zero-order valence-electron chi connectivity index (χ0n) is 10.6. The fraction of sp³-hybridized carbons (Fsp3) is 1.00. The second-order valence-electron chi connectivity index (χ2n) is 4.89. The fourth-order valence-corrected chi connectivity index (χ4v) is 2.09. The summed E-state index contributed by atoms with van der Waals surface area (Å²) in [6, 6.07) is 0.775. The van der Waals surface area contributed by atoms with Crippen LogP contribution in [0.5, 0.6) is 0 Å². The van der Waals surface area contributed by atoms with Crippen molar-refractivity contribution in [2.24, 2.45) is 11.7 Å². The average molecular weight is 214 g/mol. The standard InChI is InChI=1S/C12H26N2O/c1-5-9(2)11(4)14-6-7-15-12(8-14)10(3)13/h9-12H,5-8,13H2,1-4H3. The van der Waals surface area contributed by atoms with Gasteiger partial charge in [0, 0.05) is 25.2 Å². The molecular weight excluding hydrogens is 188 g/mol. The molecule has 3 heteroatoms. The van der Waals surface area contributed by atoms with Gasteiger partial charge >= 0.3 is 0 Å². The molecule has 90 valence electrons. The summed E-state index contributed by atoms with van der Waals surface area (Å²) in [4.78, 5) is 2.52. The highest BCUT2D eigenvalue weighted by molar-refractivity contribution is 4.82. The van der Waals surface area contributed by atoms with Gasteiger partial charge in [-0.05, 0) is 19.8 Å². The molecule has 4 unspecified atom stereocenters. The first-order valence-corrected chi connectivity index (χ1v) is 6.17. The molecule has 1 saturated heterocycles. The van der Waals surface area contributed by atoms with Gasteiger partial charge < -0.3 is 10.5 Å². The number of hydrogen-bond donors (Lipinski definition) is 1. The van der Waals surface area contributed by atoms with Crippen LogP contribution >= 0.6 is 0 Å². The molecule has 0 saturated carbocycles. The molecular formula is C12H26N2O. The van der Waals surface area contributed by atoms with Crippen molar-refractivity contribution in [2.75, 3.05) is 19.7 Å². The minimum atomic E-state index is 0.136. The molecule has 0 spiro atoms. The van der Waals surface area contributed by atoms with Gasteiger partial charge in [-0.2, -0.15) is 0 Å². The van der Waals surface area contributed by atoms with Crippen LogP contribution in [-0.4, -0.2) is 42.8 Å². The normalized spacial score (nSPS) is 29.8. The van der Waals surface area contributed by atoms with E-state index in [9.17, 15) is 0 Å². The van der Waals surface area contributed by atoms with Crippen molar-refractivity contribution in [2.45, 2.75) is 52.3 Å². The van der Waals surface area contributed by atoms with Crippen molar-refractivity contribution in [3.63, 3.8) is 0 Å². The number of morpholine rings is 1. The lowest BCUT2D eigenvalue weighted by molar-refractivity contribution is -0.0559. The maximum atomic E-state index is 5.89. The molecule has 0 aromatic heterocycles. The highest BCUT2D eigenvalue weighted by atomic mass is 16.5. The number of hydrogen-bond acceptors (Lipinski definition) is 3. The number of nitrogens with zero attached hydrogens (tertiary/aromatic N) is 1. The molecule has 2 N–H and O–H groups in total. The van der Waals surface area contributed by atoms with Crippen LogP contribution < -0.4 is 5.73 Å². The van der Waals surface area contributed by atoms with Crippen LogP contribution in [0.3, 0.4) is 0 Å². The molecule has 1 heterocycles. The van der Waals surface area contributed by atoms with Gasteiger partial charge in [0.1, 0.15) is 0 Å². The second-order valence-corrected chi connectivity index (χ2v) is 4.89. The lowest BCUT2D eigenvalue weighted by Crippen LogP contribution is -2.53. The molecule has 3 nitrogen and oxygen atoms in total. The Morgan fingerprint density at radius 1 is 1.40 bits per heavy atom. The lowest BCUT2D eigenvalue weighted by Gasteiger charge is -2.40. The molecule has 0 bridgehead atoms. The Balaban J connectivity index is 2.48. The molecule has 0 aliphatic carbocycles. The van der Waals surface area contributed by atoms with Crippen molar-refractivity contribution in [3.05, 3.63) is 0 Å². The number of ether oxygens (including phenoxy) is 1. The van der Waals surface area contributed by atoms with Crippen LogP contribution in [-0.2, 0) is 4.74 Å². The van der Waals surface area contributed by atoms with Gasteiger partial charge in [0.2, 0.25) is 0 Å². The minimum Gasteiger partial charge on any atom is -0.374 e. The first-order chi connectivity index (χ1) is 7.06. The van der Waals surface area contributed by atoms with Crippen LogP contribution in [0.15, 0.2) is 0 Å². The Labute approximate surface area is 94.0 Å². The molecule has 0 aromatic rings. The van der Waals surface area contributed by atoms with E-state index >= 15 is 0 Å². The van der Waals surface area contributed by atoms with Crippen molar-refractivity contribution in [3.8, 4) is 0 Å². The van der Waals surface area contributed by atoms with Gasteiger partial charge in [-0.1, -0.05) is 20.3 Å². The number of nitrogens with two attached hydrogens (primary N) is 1. The van der Waals surface area contributed by atoms with Crippen LogP contribution in [0.25, 0.3) is 0 Å². The molecule has 1 fully saturated rings. The molecule has 15 heavy (non-hydrogen) atoms. The van der Waals surface area contributed by atoms with Crippen molar-refractivity contribution in [1.29, 1.82) is 0 Å². The Morgan fingerprint density at radius 3 is 2.60 bits per heavy atom. The second kappa shape index (κ2) is 5.83. The maximum Gasteiger partial charge on any atom is 0.0850 e. The molecule has 0 radical (unpaired) electrons. The maximum absolute atomic E-state index is 5.89. The summed E-state index contributed by atoms with van der Waals surface area (Å²) < 4.78 is 5.67. The first-order valence-electron chi connectivity index (χ1n) is 6.17. The zero-order chi connectivity index (χ0) is 11.4. The van der Waals surface area contributed by atoms with E-state index in [-0.39, 0.29) is 12.1 Å². The summed E-state index contributed by atoms with van der Waals surface area (Å²) in [6.07, 6.45) is 1.45. The van der Waals surface area contributed by atoms with Gasteiger partial charge in [-0.3, -0.25) is 4.90 Å². The predicted octanol–water partition coefficient (Wildman–Crippen LogP) is 1.47. The molecule has 0 amide bonds. The van der Waals surface area contributed by atoms with E-state index in [2.05, 4.69) is 25.7 Å². The first kappa shape index (κ1) is 12.9. The monoisotopic (exact) mass is 214 g/mol. The summed E-state index contributed by atoms with van der Waals surface area (Å²) in [7, 11) is 0. The van der Waals surface area contributed by atoms with Crippen LogP contribution in [0.2, 0.25) is 0 Å². The van der Waals surface area contributed by atoms with E-state index in [1.165, 1.54) is 6.42 Å². The van der Waals surface area contributed by atoms with Gasteiger partial charge in [0.25, 0.3) is 0 Å². The molecule has 1 aliphatic rings. The third-order valence-corrected chi connectivity index (χ3v) is 3.75. The molecule has 1 rings (SSSR count). The Hall–Kier alpha value is -0.120. The highest BCUT2D eigenvalue weighted by Gasteiger charge is 2.27. The summed E-state index contributed by atoms with van der Waals surface area (Å²) in [6.45, 7) is 11.8. The summed E-state index contributed by atoms with van der Waals surface area (Å²) in [5.74, 6) is 0.747. The minimum absolute atomic E-state index is 0.136. The van der Waals surface area contributed by atoms with Gasteiger partial charge in [-0.15, -0.1) is 0 Å². The fourth-order valence-electron chi connectivity index (χ4n) is 2.09. The quantitative estimate of drug-likeness (QED) is 0.770. The topological polar surface area (TPSA) is 38.5 Å². The van der Waals surface area contributed by atoms with Crippen molar-refractivity contribution >= 4 is 0 Å². The van der Waals surface area contributed by atoms with E-state index in [0.717, 1.165) is 25.6 Å². The van der Waals surface area contributed by atoms with Crippen LogP contribution in [0.1, 0.15) is 34.1 Å². The number of rotatable bonds is 4. The van der Waals surface area contributed by atoms with Crippen LogP contribution in [0.4, 0.5) is 0 Å². The Morgan fingerprint density at radius 2 is 2.07 bits per heavy atom. The Kier molecular flexibility index (Phi) is 5.03. The van der Waals surface area contributed by atoms with E-state index in [4.69, 9.17) is 10.5 Å². The highest BCUT2D eigenvalue weighted by Crippen LogP contribution is 2.18. The van der Waals surface area contributed by atoms with E-state index in [1.807, 2.05) is 6.92 Å². The van der Waals surface area contributed by atoms with E-state index < -0.39 is 0 Å². The third-order valence-electron chi connectivity index (χ3n) is 3.75. The zero-order valence-corrected chi connectivity index (χ0v) is 10.6. The molecule has 0 aromatic carbocycles. The van der Waals surface area contributed by atoms with Crippen molar-refractivity contribution in [1.82, 2.24) is 4.90 Å². The predicted molar refractivity (Wildman–Crippen MR) is 63.9 cm³/mol. The summed E-state index contributed by atoms with van der Waals surface area (Å²) in [5.41, 5.74) is 5.89. The lowest BCUT2D eigenvalue weighted by atomic mass is 9.98. The van der Waals surface area contributed by atoms with Gasteiger partial charge in [-0.25, -0.2) is 0 Å². The van der Waals surface area contributed by atoms with Crippen LogP contribution in [0, 0.1) is 5.92 Å². The van der Waals surface area contributed by atoms with E-state index in [1.54, 1.807) is 0 Å². The molecule has 4 atom stereocenters. The van der Waals surface area contributed by atoms with Crippen molar-refractivity contribution < 1.29 is 4.74 Å². The van der Waals surface area contributed by atoms with Gasteiger partial charge in [0.15, 0.2) is 0 Å². The summed E-state index contributed by atoms with van der Waals surface area (Å²) >= 11 is 0. The van der Waals surface area contributed by atoms with E-state index in [0.29, 0.717) is 6.04 Å².